The molecule has 0 radical (unpaired) electrons. The van der Waals surface area contributed by atoms with Gasteiger partial charge in [0.05, 0.1) is 36.1 Å². The Hall–Kier alpha value is -2.58. The van der Waals surface area contributed by atoms with Crippen LogP contribution in [0, 0.1) is 0 Å². The summed E-state index contributed by atoms with van der Waals surface area (Å²) in [6.07, 6.45) is 9.67. The topological polar surface area (TPSA) is 73.3 Å². The van der Waals surface area contributed by atoms with Crippen molar-refractivity contribution in [2.45, 2.75) is 24.9 Å². The average Bonchev–Trinajstić information content (AvgIpc) is 3.21. The van der Waals surface area contributed by atoms with E-state index in [2.05, 4.69) is 30.9 Å². The fraction of sp³-hybridized carbons (Fsp3) is 0.400. The van der Waals surface area contributed by atoms with Crippen LogP contribution in [0.25, 0.3) is 10.6 Å². The van der Waals surface area contributed by atoms with Gasteiger partial charge >= 0.3 is 0 Å². The summed E-state index contributed by atoms with van der Waals surface area (Å²) in [4.78, 5) is 22.1. The molecule has 144 valence electrons. The van der Waals surface area contributed by atoms with E-state index in [0.29, 0.717) is 5.88 Å². The van der Waals surface area contributed by atoms with Crippen molar-refractivity contribution in [1.82, 2.24) is 19.9 Å². The summed E-state index contributed by atoms with van der Waals surface area (Å²) in [5.74, 6) is 1.50. The predicted molar refractivity (Wildman–Crippen MR) is 107 cm³/mol. The molecule has 2 aliphatic rings. The molecule has 5 heterocycles. The molecule has 0 aliphatic carbocycles. The molecule has 0 amide bonds. The maximum atomic E-state index is 6.40. The van der Waals surface area contributed by atoms with Gasteiger partial charge in [-0.3, -0.25) is 9.97 Å². The minimum Gasteiger partial charge on any atom is -0.481 e. The van der Waals surface area contributed by atoms with Crippen molar-refractivity contribution in [2.24, 2.45) is 0 Å². The number of hydrogen-bond acceptors (Lipinski definition) is 8. The van der Waals surface area contributed by atoms with Crippen LogP contribution in [0.15, 0.2) is 37.1 Å². The third-order valence-electron chi connectivity index (χ3n) is 5.55. The summed E-state index contributed by atoms with van der Waals surface area (Å²) in [6, 6.07) is 4.16. The van der Waals surface area contributed by atoms with Crippen molar-refractivity contribution in [3.8, 4) is 16.5 Å². The number of ether oxygens (including phenoxy) is 2. The second-order valence-electron chi connectivity index (χ2n) is 7.04. The van der Waals surface area contributed by atoms with Gasteiger partial charge in [-0.2, -0.15) is 0 Å². The number of piperidine rings is 1. The van der Waals surface area contributed by atoms with E-state index in [1.54, 1.807) is 25.8 Å². The first-order chi connectivity index (χ1) is 13.8. The standard InChI is InChI=1S/C20H21N5O2S/c1-26-19-11-18(23-13-24-19)25-7-3-20(4-8-25)14-10-17(15-12-21-5-6-22-15)28-16(14)2-9-27-20/h5-6,10-13H,2-4,7-9H2,1H3. The molecule has 7 nitrogen and oxygen atoms in total. The molecule has 1 saturated heterocycles. The van der Waals surface area contributed by atoms with E-state index in [1.165, 1.54) is 15.3 Å². The molecule has 5 rings (SSSR count). The zero-order valence-corrected chi connectivity index (χ0v) is 16.5. The summed E-state index contributed by atoms with van der Waals surface area (Å²) in [7, 11) is 1.62. The maximum Gasteiger partial charge on any atom is 0.218 e. The van der Waals surface area contributed by atoms with Gasteiger partial charge in [-0.1, -0.05) is 0 Å². The first kappa shape index (κ1) is 17.5. The molecule has 3 aromatic rings. The largest absolute Gasteiger partial charge is 0.481 e. The van der Waals surface area contributed by atoms with Gasteiger partial charge in [-0.25, -0.2) is 9.97 Å². The van der Waals surface area contributed by atoms with Gasteiger partial charge in [0, 0.05) is 42.8 Å². The summed E-state index contributed by atoms with van der Waals surface area (Å²) in [5, 5.41) is 0. The summed E-state index contributed by atoms with van der Waals surface area (Å²) in [5.41, 5.74) is 2.06. The van der Waals surface area contributed by atoms with Crippen LogP contribution in [-0.2, 0) is 16.8 Å². The molecular weight excluding hydrogens is 374 g/mol. The molecular formula is C20H21N5O2S. The highest BCUT2D eigenvalue weighted by Gasteiger charge is 2.42. The normalized spacial score (nSPS) is 18.1. The van der Waals surface area contributed by atoms with Crippen molar-refractivity contribution in [3.63, 3.8) is 0 Å². The van der Waals surface area contributed by atoms with Gasteiger partial charge < -0.3 is 14.4 Å². The highest BCUT2D eigenvalue weighted by molar-refractivity contribution is 7.15. The molecule has 0 saturated carbocycles. The summed E-state index contributed by atoms with van der Waals surface area (Å²) < 4.78 is 11.6. The zero-order chi connectivity index (χ0) is 19.0. The lowest BCUT2D eigenvalue weighted by Crippen LogP contribution is -2.46. The number of fused-ring (bicyclic) bond motifs is 2. The fourth-order valence-electron chi connectivity index (χ4n) is 4.09. The second-order valence-corrected chi connectivity index (χ2v) is 8.17. The second kappa shape index (κ2) is 7.10. The van der Waals surface area contributed by atoms with Crippen LogP contribution in [0.1, 0.15) is 23.3 Å². The van der Waals surface area contributed by atoms with Crippen LogP contribution in [-0.4, -0.2) is 46.7 Å². The minimum atomic E-state index is -0.210. The van der Waals surface area contributed by atoms with Gasteiger partial charge in [0.2, 0.25) is 5.88 Å². The number of rotatable bonds is 3. The third-order valence-corrected chi connectivity index (χ3v) is 6.77. The number of hydrogen-bond donors (Lipinski definition) is 0. The molecule has 2 aliphatic heterocycles. The van der Waals surface area contributed by atoms with Crippen molar-refractivity contribution in [2.75, 3.05) is 31.7 Å². The molecule has 3 aromatic heterocycles. The van der Waals surface area contributed by atoms with Crippen molar-refractivity contribution < 1.29 is 9.47 Å². The molecule has 28 heavy (non-hydrogen) atoms. The number of nitrogens with zero attached hydrogens (tertiary/aromatic N) is 5. The van der Waals surface area contributed by atoms with Gasteiger partial charge in [0.1, 0.15) is 12.1 Å². The number of methoxy groups -OCH3 is 1. The highest BCUT2D eigenvalue weighted by Crippen LogP contribution is 2.46. The molecule has 0 atom stereocenters. The fourth-order valence-corrected chi connectivity index (χ4v) is 5.29. The van der Waals surface area contributed by atoms with Crippen LogP contribution in [0.3, 0.4) is 0 Å². The molecule has 1 spiro atoms. The number of anilines is 1. The van der Waals surface area contributed by atoms with E-state index < -0.39 is 0 Å². The number of aromatic nitrogens is 4. The third kappa shape index (κ3) is 3.02. The van der Waals surface area contributed by atoms with E-state index in [9.17, 15) is 0 Å². The van der Waals surface area contributed by atoms with Crippen molar-refractivity contribution in [1.29, 1.82) is 0 Å². The van der Waals surface area contributed by atoms with E-state index in [0.717, 1.165) is 50.5 Å². The van der Waals surface area contributed by atoms with E-state index in [1.807, 2.05) is 23.6 Å². The SMILES string of the molecule is COc1cc(N2CCC3(CC2)OCCc2sc(-c4cnccn4)cc23)ncn1. The first-order valence-electron chi connectivity index (χ1n) is 9.42. The lowest BCUT2D eigenvalue weighted by molar-refractivity contribution is -0.0757. The Morgan fingerprint density at radius 1 is 1.14 bits per heavy atom. The molecule has 0 N–H and O–H groups in total. The van der Waals surface area contributed by atoms with Crippen molar-refractivity contribution >= 4 is 17.2 Å². The molecule has 1 fully saturated rings. The van der Waals surface area contributed by atoms with Crippen LogP contribution in [0.5, 0.6) is 5.88 Å². The highest BCUT2D eigenvalue weighted by atomic mass is 32.1. The Labute approximate surface area is 167 Å². The predicted octanol–water partition coefficient (Wildman–Crippen LogP) is 3.07. The van der Waals surface area contributed by atoms with Gasteiger partial charge in [-0.15, -0.1) is 11.3 Å². The minimum absolute atomic E-state index is 0.210. The first-order valence-corrected chi connectivity index (χ1v) is 10.2. The Bertz CT molecular complexity index is 970. The molecule has 8 heteroatoms. The lowest BCUT2D eigenvalue weighted by atomic mass is 9.82. The van der Waals surface area contributed by atoms with Crippen LogP contribution >= 0.6 is 11.3 Å². The van der Waals surface area contributed by atoms with Crippen LogP contribution < -0.4 is 9.64 Å². The monoisotopic (exact) mass is 395 g/mol. The molecule has 0 unspecified atom stereocenters. The average molecular weight is 395 g/mol. The Balaban J connectivity index is 1.40. The zero-order valence-electron chi connectivity index (χ0n) is 15.7. The molecule has 0 aromatic carbocycles. The molecule has 0 bridgehead atoms. The smallest absolute Gasteiger partial charge is 0.218 e. The van der Waals surface area contributed by atoms with Crippen LogP contribution in [0.4, 0.5) is 5.82 Å². The van der Waals surface area contributed by atoms with E-state index in [4.69, 9.17) is 9.47 Å². The van der Waals surface area contributed by atoms with E-state index >= 15 is 0 Å². The Morgan fingerprint density at radius 2 is 2.04 bits per heavy atom. The van der Waals surface area contributed by atoms with Gasteiger partial charge in [0.25, 0.3) is 0 Å². The number of thiophene rings is 1. The van der Waals surface area contributed by atoms with Crippen molar-refractivity contribution in [3.05, 3.63) is 47.5 Å². The summed E-state index contributed by atoms with van der Waals surface area (Å²) >= 11 is 1.82. The van der Waals surface area contributed by atoms with Gasteiger partial charge in [0.15, 0.2) is 0 Å². The van der Waals surface area contributed by atoms with E-state index in [-0.39, 0.29) is 5.60 Å². The van der Waals surface area contributed by atoms with Crippen LogP contribution in [0.2, 0.25) is 0 Å². The lowest BCUT2D eigenvalue weighted by Gasteiger charge is -2.44. The Kier molecular flexibility index (Phi) is 4.44. The Morgan fingerprint density at radius 3 is 2.82 bits per heavy atom. The van der Waals surface area contributed by atoms with Gasteiger partial charge in [-0.05, 0) is 24.5 Å². The summed E-state index contributed by atoms with van der Waals surface area (Å²) in [6.45, 7) is 2.54. The maximum absolute atomic E-state index is 6.40. The quantitative estimate of drug-likeness (QED) is 0.675.